The summed E-state index contributed by atoms with van der Waals surface area (Å²) in [6.07, 6.45) is 3.78. The van der Waals surface area contributed by atoms with Gasteiger partial charge in [-0.05, 0) is 60.9 Å². The van der Waals surface area contributed by atoms with Gasteiger partial charge in [0.25, 0.3) is 11.5 Å². The third kappa shape index (κ3) is 10.1. The first-order valence-electron chi connectivity index (χ1n) is 14.5. The smallest absolute Gasteiger partial charge is 0.373 e. The van der Waals surface area contributed by atoms with E-state index in [0.717, 1.165) is 6.42 Å². The predicted molar refractivity (Wildman–Crippen MR) is 172 cm³/mol. The lowest BCUT2D eigenvalue weighted by Crippen LogP contribution is -2.35. The van der Waals surface area contributed by atoms with Gasteiger partial charge in [-0.1, -0.05) is 37.3 Å². The van der Waals surface area contributed by atoms with E-state index in [1.165, 1.54) is 6.20 Å². The van der Waals surface area contributed by atoms with E-state index in [-0.39, 0.29) is 30.7 Å². The van der Waals surface area contributed by atoms with Crippen LogP contribution in [0.5, 0.6) is 5.75 Å². The number of carbonyl (C=O) groups is 2. The minimum absolute atomic E-state index is 0.170. The van der Waals surface area contributed by atoms with Crippen LogP contribution in [-0.4, -0.2) is 59.8 Å². The van der Waals surface area contributed by atoms with E-state index in [0.29, 0.717) is 34.4 Å². The number of hydrogen-bond acceptors (Lipinski definition) is 10. The zero-order valence-electron chi connectivity index (χ0n) is 26.0. The van der Waals surface area contributed by atoms with Crippen LogP contribution in [0.4, 0.5) is 0 Å². The maximum Gasteiger partial charge on any atom is 0.373 e. The minimum Gasteiger partial charge on any atom is -0.497 e. The number of ether oxygens (including phenoxy) is 2. The number of amides is 1. The van der Waals surface area contributed by atoms with E-state index in [2.05, 4.69) is 30.4 Å². The standard InChI is InChI=1S/C31H35N6O6P.CO2/c1-4-17-34-44(41,35-20-27(38)43-5-2)24-15-11-22(12-16-24)28(21-9-13-23(42-3)14-10-21)36-30(39)25-19-33-29(37-31(25)40)26-8-6-7-18-32-26;2-1-3/h6-16,18-19,28H,4-5,17,20H2,1-3H3,(H,36,39)(H,33,37,40)(H2,34,35,41);. The lowest BCUT2D eigenvalue weighted by atomic mass is 9.98. The van der Waals surface area contributed by atoms with Crippen molar-refractivity contribution in [2.45, 2.75) is 26.3 Å². The van der Waals surface area contributed by atoms with Crippen LogP contribution in [0.25, 0.3) is 11.5 Å². The fourth-order valence-electron chi connectivity index (χ4n) is 4.33. The minimum atomic E-state index is -3.37. The summed E-state index contributed by atoms with van der Waals surface area (Å²) in [7, 11) is -1.82. The topological polar surface area (TPSA) is 199 Å². The number of carbonyl (C=O) groups excluding carboxylic acids is 4. The first kappa shape index (κ1) is 36.2. The van der Waals surface area contributed by atoms with Gasteiger partial charge in [-0.15, -0.1) is 0 Å². The molecule has 0 spiro atoms. The molecule has 0 bridgehead atoms. The number of aromatic nitrogens is 3. The van der Waals surface area contributed by atoms with Crippen molar-refractivity contribution in [3.05, 3.63) is 106 Å². The lowest BCUT2D eigenvalue weighted by molar-refractivity contribution is -0.191. The summed E-state index contributed by atoms with van der Waals surface area (Å²) in [6.45, 7) is 4.10. The Hall–Kier alpha value is -5.26. The van der Waals surface area contributed by atoms with Crippen molar-refractivity contribution in [3.8, 4) is 17.3 Å². The Morgan fingerprint density at radius 1 is 0.957 bits per heavy atom. The highest BCUT2D eigenvalue weighted by atomic mass is 31.2. The van der Waals surface area contributed by atoms with Crippen molar-refractivity contribution >= 4 is 30.8 Å². The Labute approximate surface area is 270 Å². The molecule has 2 aromatic heterocycles. The first-order chi connectivity index (χ1) is 22.7. The van der Waals surface area contributed by atoms with Crippen LogP contribution in [0, 0.1) is 0 Å². The molecule has 0 fully saturated rings. The monoisotopic (exact) mass is 662 g/mol. The van der Waals surface area contributed by atoms with Crippen molar-refractivity contribution in [2.24, 2.45) is 0 Å². The average Bonchev–Trinajstić information content (AvgIpc) is 3.09. The van der Waals surface area contributed by atoms with Gasteiger partial charge in [0.2, 0.25) is 7.44 Å². The molecule has 0 aliphatic carbocycles. The van der Waals surface area contributed by atoms with Crippen molar-refractivity contribution in [2.75, 3.05) is 26.8 Å². The number of nitrogens with one attached hydrogen (secondary N) is 4. The maximum atomic E-state index is 13.9. The molecule has 0 saturated carbocycles. The Bertz CT molecular complexity index is 1760. The number of rotatable bonds is 14. The molecule has 2 aromatic carbocycles. The second-order valence-corrected chi connectivity index (χ2v) is 12.1. The molecule has 2 unspecified atom stereocenters. The largest absolute Gasteiger partial charge is 0.497 e. The van der Waals surface area contributed by atoms with Crippen LogP contribution in [0.15, 0.2) is 83.9 Å². The van der Waals surface area contributed by atoms with Gasteiger partial charge in [-0.25, -0.2) is 10.1 Å². The highest BCUT2D eigenvalue weighted by Crippen LogP contribution is 2.35. The molecule has 0 aliphatic rings. The molecular weight excluding hydrogens is 627 g/mol. The molecule has 4 aromatic rings. The molecule has 0 saturated heterocycles. The fourth-order valence-corrected chi connectivity index (χ4v) is 6.26. The zero-order chi connectivity index (χ0) is 34.2. The highest BCUT2D eigenvalue weighted by Gasteiger charge is 2.26. The van der Waals surface area contributed by atoms with Crippen molar-refractivity contribution in [3.63, 3.8) is 0 Å². The SMILES string of the molecule is CCCNP(=O)(NCC(=O)OCC)c1ccc(C(NC(=O)c2cnc(-c3ccccn3)[nH]c2=O)c2ccc(OC)cc2)cc1.O=C=O. The van der Waals surface area contributed by atoms with Gasteiger partial charge < -0.3 is 19.8 Å². The quantitative estimate of drug-likeness (QED) is 0.114. The van der Waals surface area contributed by atoms with Crippen LogP contribution >= 0.6 is 7.44 Å². The molecule has 2 atom stereocenters. The zero-order valence-corrected chi connectivity index (χ0v) is 26.9. The second-order valence-electron chi connectivity index (χ2n) is 9.70. The summed E-state index contributed by atoms with van der Waals surface area (Å²) in [4.78, 5) is 65.6. The Balaban J connectivity index is 0.00000192. The van der Waals surface area contributed by atoms with E-state index in [1.807, 2.05) is 6.92 Å². The van der Waals surface area contributed by atoms with Gasteiger partial charge >= 0.3 is 12.1 Å². The number of esters is 1. The van der Waals surface area contributed by atoms with Gasteiger partial charge in [0.1, 0.15) is 23.6 Å². The summed E-state index contributed by atoms with van der Waals surface area (Å²) < 4.78 is 24.1. The number of hydrogen-bond donors (Lipinski definition) is 4. The van der Waals surface area contributed by atoms with E-state index < -0.39 is 30.9 Å². The highest BCUT2D eigenvalue weighted by molar-refractivity contribution is 7.67. The summed E-state index contributed by atoms with van der Waals surface area (Å²) >= 11 is 0. The van der Waals surface area contributed by atoms with E-state index in [1.54, 1.807) is 87.0 Å². The molecule has 0 radical (unpaired) electrons. The van der Waals surface area contributed by atoms with Crippen LogP contribution < -0.4 is 31.1 Å². The average molecular weight is 663 g/mol. The van der Waals surface area contributed by atoms with Crippen LogP contribution in [0.3, 0.4) is 0 Å². The number of benzene rings is 2. The third-order valence-electron chi connectivity index (χ3n) is 6.60. The number of pyridine rings is 1. The molecule has 47 heavy (non-hydrogen) atoms. The van der Waals surface area contributed by atoms with Crippen LogP contribution in [-0.2, 0) is 23.7 Å². The Morgan fingerprint density at radius 3 is 2.17 bits per heavy atom. The van der Waals surface area contributed by atoms with Crippen molar-refractivity contribution < 1.29 is 33.2 Å². The molecule has 2 heterocycles. The van der Waals surface area contributed by atoms with Gasteiger partial charge in [0.15, 0.2) is 5.82 Å². The summed E-state index contributed by atoms with van der Waals surface area (Å²) in [5, 5.41) is 9.25. The van der Waals surface area contributed by atoms with E-state index in [9.17, 15) is 18.9 Å². The normalized spacial score (nSPS) is 12.3. The summed E-state index contributed by atoms with van der Waals surface area (Å²) in [5.74, 6) is -0.271. The van der Waals surface area contributed by atoms with Crippen LogP contribution in [0.1, 0.15) is 47.8 Å². The lowest BCUT2D eigenvalue weighted by Gasteiger charge is -2.23. The summed E-state index contributed by atoms with van der Waals surface area (Å²) in [5.41, 5.74) is 1.06. The summed E-state index contributed by atoms with van der Waals surface area (Å²) in [6, 6.07) is 18.5. The van der Waals surface area contributed by atoms with E-state index in [4.69, 9.17) is 19.1 Å². The van der Waals surface area contributed by atoms with Crippen molar-refractivity contribution in [1.29, 1.82) is 0 Å². The Morgan fingerprint density at radius 2 is 1.62 bits per heavy atom. The van der Waals surface area contributed by atoms with Gasteiger partial charge in [0, 0.05) is 24.2 Å². The molecule has 0 aliphatic heterocycles. The number of methoxy groups -OCH3 is 1. The molecule has 4 rings (SSSR count). The van der Waals surface area contributed by atoms with Gasteiger partial charge in [-0.3, -0.25) is 29.0 Å². The third-order valence-corrected chi connectivity index (χ3v) is 8.90. The van der Waals surface area contributed by atoms with Crippen LogP contribution in [0.2, 0.25) is 0 Å². The molecule has 15 heteroatoms. The number of aromatic amines is 1. The molecule has 1 amide bonds. The molecular formula is C32H35N6O8P. The van der Waals surface area contributed by atoms with E-state index >= 15 is 0 Å². The number of H-pyrrole nitrogens is 1. The maximum absolute atomic E-state index is 13.9. The van der Waals surface area contributed by atoms with Crippen molar-refractivity contribution in [1.82, 2.24) is 30.4 Å². The first-order valence-corrected chi connectivity index (χ1v) is 16.2. The second kappa shape index (κ2) is 18.0. The Kier molecular flexibility index (Phi) is 13.9. The molecule has 246 valence electrons. The molecule has 14 nitrogen and oxygen atoms in total. The fraction of sp³-hybridized carbons (Fsp3) is 0.250. The van der Waals surface area contributed by atoms with Gasteiger partial charge in [0.05, 0.1) is 19.8 Å². The number of nitrogens with zero attached hydrogens (tertiary/aromatic N) is 2. The molecule has 4 N–H and O–H groups in total. The predicted octanol–water partition coefficient (Wildman–Crippen LogP) is 2.75. The van der Waals surface area contributed by atoms with Gasteiger partial charge in [-0.2, -0.15) is 9.59 Å².